The molecule has 1 aliphatic heterocycles. The Balaban J connectivity index is 0.000000261. The van der Waals surface area contributed by atoms with Crippen LogP contribution in [0.1, 0.15) is 6.23 Å². The van der Waals surface area contributed by atoms with Gasteiger partial charge in [-0.05, 0) is 6.07 Å². The number of aromatic nitrogens is 6. The van der Waals surface area contributed by atoms with E-state index in [2.05, 4.69) is 19.9 Å². The summed E-state index contributed by atoms with van der Waals surface area (Å²) in [6.07, 6.45) is -1.81. The predicted octanol–water partition coefficient (Wildman–Crippen LogP) is -4.47. The predicted molar refractivity (Wildman–Crippen MR) is 128 cm³/mol. The molecular formula is C18H29N8O11P. The number of nitrogen functional groups attached to an aromatic ring is 2. The third kappa shape index (κ3) is 7.48. The molecule has 0 bridgehead atoms. The number of nitrogens with zero attached hydrogens (tertiary/aromatic N) is 6. The van der Waals surface area contributed by atoms with Crippen LogP contribution in [0, 0.1) is 0 Å². The molecule has 1 fully saturated rings. The summed E-state index contributed by atoms with van der Waals surface area (Å²) >= 11 is 0. The van der Waals surface area contributed by atoms with E-state index in [1.165, 1.54) is 29.5 Å². The number of rotatable bonds is 8. The number of hydrogen-bond donors (Lipinski definition) is 8. The first-order valence-electron chi connectivity index (χ1n) is 10.6. The molecule has 19 nitrogen and oxygen atoms in total. The number of fused-ring (bicyclic) bond motifs is 1. The first-order chi connectivity index (χ1) is 17.4. The highest BCUT2D eigenvalue weighted by atomic mass is 31.2. The van der Waals surface area contributed by atoms with Gasteiger partial charge in [0.1, 0.15) is 42.3 Å². The minimum atomic E-state index is -4.31. The maximum atomic E-state index is 11.4. The highest BCUT2D eigenvalue weighted by Gasteiger charge is 2.44. The molecule has 0 unspecified atom stereocenters. The maximum absolute atomic E-state index is 11.4. The lowest BCUT2D eigenvalue weighted by molar-refractivity contribution is -0.0511. The van der Waals surface area contributed by atoms with Crippen LogP contribution in [0.5, 0.6) is 0 Å². The lowest BCUT2D eigenvalue weighted by Crippen LogP contribution is -2.33. The Hall–Kier alpha value is -3.10. The van der Waals surface area contributed by atoms with Crippen molar-refractivity contribution < 1.29 is 49.7 Å². The molecule has 0 saturated carbocycles. The second kappa shape index (κ2) is 13.1. The van der Waals surface area contributed by atoms with E-state index in [1.807, 2.05) is 0 Å². The Morgan fingerprint density at radius 2 is 1.87 bits per heavy atom. The Morgan fingerprint density at radius 1 is 1.16 bits per heavy atom. The Morgan fingerprint density at radius 3 is 2.45 bits per heavy atom. The molecule has 1 aliphatic rings. The quantitative estimate of drug-likeness (QED) is 0.120. The van der Waals surface area contributed by atoms with Crippen molar-refractivity contribution >= 4 is 30.4 Å². The molecule has 0 radical (unpaired) electrons. The zero-order valence-corrected chi connectivity index (χ0v) is 20.5. The average molecular weight is 564 g/mol. The molecule has 212 valence electrons. The minimum Gasteiger partial charge on any atom is -0.412 e. The van der Waals surface area contributed by atoms with Crippen LogP contribution in [0.2, 0.25) is 0 Å². The van der Waals surface area contributed by atoms with Gasteiger partial charge in [0.25, 0.3) is 0 Å². The van der Waals surface area contributed by atoms with Gasteiger partial charge in [-0.1, -0.05) is 0 Å². The van der Waals surface area contributed by atoms with Crippen molar-refractivity contribution in [3.05, 3.63) is 35.4 Å². The molecule has 0 amide bonds. The Labute approximate surface area is 213 Å². The topological polar surface area (TPSA) is 319 Å². The van der Waals surface area contributed by atoms with Gasteiger partial charge < -0.3 is 56.6 Å². The normalized spacial score (nSPS) is 21.9. The molecule has 20 heteroatoms. The molecule has 4 heterocycles. The Bertz CT molecular complexity index is 1300. The number of ether oxygens (including phenoxy) is 2. The van der Waals surface area contributed by atoms with Gasteiger partial charge in [-0.25, -0.2) is 19.7 Å². The zero-order chi connectivity index (χ0) is 27.3. The zero-order valence-electron chi connectivity index (χ0n) is 19.6. The maximum Gasteiger partial charge on any atom is 0.350 e. The smallest absolute Gasteiger partial charge is 0.350 e. The molecule has 4 rings (SSSR count). The highest BCUT2D eigenvalue weighted by molar-refractivity contribution is 7.51. The van der Waals surface area contributed by atoms with Crippen LogP contribution < -0.4 is 17.2 Å². The number of imidazole rings is 1. The van der Waals surface area contributed by atoms with Gasteiger partial charge in [0.05, 0.1) is 32.2 Å². The van der Waals surface area contributed by atoms with Crippen LogP contribution in [0.15, 0.2) is 29.7 Å². The van der Waals surface area contributed by atoms with Crippen LogP contribution in [0.25, 0.3) is 11.2 Å². The van der Waals surface area contributed by atoms with Crippen molar-refractivity contribution in [2.24, 2.45) is 0 Å². The van der Waals surface area contributed by atoms with Crippen LogP contribution in [-0.4, -0.2) is 109 Å². The SMILES string of the molecule is Nc1ccn(C[C@@H](CO)OCP(=O)(O)O)c(=O)n1.Nc1ncnc2c1ncn2[C@@H]1O[C@H](CO)[C@@H](O)[C@@H]1O.O. The van der Waals surface area contributed by atoms with E-state index in [1.54, 1.807) is 0 Å². The molecule has 12 N–H and O–H groups in total. The molecule has 1 saturated heterocycles. The molecule has 0 spiro atoms. The van der Waals surface area contributed by atoms with Gasteiger partial charge in [0.15, 0.2) is 17.7 Å². The standard InChI is InChI=1S/C10H13N5O4.C8H14N3O6P.H2O/c11-8-5-9(13-2-12-8)15(3-14-5)10-7(18)6(17)4(1-16)19-10;9-7-1-2-11(8(13)10-7)3-6(4-12)17-5-18(14,15)16;/h2-4,6-7,10,16-18H,1H2,(H2,11,12,13);1-2,6,12H,3-5H2,(H2,9,10,13)(H2,14,15,16);1H2/t4-,6-,7+,10-;6-;/m10./s1. The first-order valence-corrected chi connectivity index (χ1v) is 12.4. The molecule has 3 aromatic heterocycles. The molecule has 0 aliphatic carbocycles. The van der Waals surface area contributed by atoms with E-state index in [9.17, 15) is 19.6 Å². The molecule has 0 aromatic carbocycles. The lowest BCUT2D eigenvalue weighted by Gasteiger charge is -2.16. The molecule has 5 atom stereocenters. The number of nitrogens with two attached hydrogens (primary N) is 2. The van der Waals surface area contributed by atoms with Crippen molar-refractivity contribution in [1.29, 1.82) is 0 Å². The summed E-state index contributed by atoms with van der Waals surface area (Å²) in [4.78, 5) is 44.0. The van der Waals surface area contributed by atoms with Gasteiger partial charge in [0, 0.05) is 6.20 Å². The molecular weight excluding hydrogens is 535 g/mol. The third-order valence-corrected chi connectivity index (χ3v) is 5.64. The second-order valence-corrected chi connectivity index (χ2v) is 9.45. The number of anilines is 2. The van der Waals surface area contributed by atoms with Gasteiger partial charge in [-0.2, -0.15) is 4.98 Å². The summed E-state index contributed by atoms with van der Waals surface area (Å²) in [5.41, 5.74) is 11.1. The fraction of sp³-hybridized carbons (Fsp3) is 0.500. The van der Waals surface area contributed by atoms with E-state index < -0.39 is 63.5 Å². The lowest BCUT2D eigenvalue weighted by atomic mass is 10.1. The summed E-state index contributed by atoms with van der Waals surface area (Å²) in [6.45, 7) is -0.960. The van der Waals surface area contributed by atoms with Crippen LogP contribution >= 0.6 is 7.60 Å². The summed E-state index contributed by atoms with van der Waals surface area (Å²) < 4.78 is 23.4. The van der Waals surface area contributed by atoms with E-state index in [0.29, 0.717) is 11.2 Å². The fourth-order valence-electron chi connectivity index (χ4n) is 3.33. The largest absolute Gasteiger partial charge is 0.412 e. The number of hydrogen-bond acceptors (Lipinski definition) is 14. The molecule has 3 aromatic rings. The van der Waals surface area contributed by atoms with Crippen molar-refractivity contribution in [3.63, 3.8) is 0 Å². The van der Waals surface area contributed by atoms with Gasteiger partial charge >= 0.3 is 13.3 Å². The average Bonchev–Trinajstić information content (AvgIpc) is 3.39. The van der Waals surface area contributed by atoms with Crippen molar-refractivity contribution in [1.82, 2.24) is 29.1 Å². The third-order valence-electron chi connectivity index (χ3n) is 5.16. The summed E-state index contributed by atoms with van der Waals surface area (Å²) in [7, 11) is -4.31. The van der Waals surface area contributed by atoms with Crippen molar-refractivity contribution in [2.75, 3.05) is 31.0 Å². The van der Waals surface area contributed by atoms with E-state index in [0.717, 1.165) is 4.57 Å². The monoisotopic (exact) mass is 564 g/mol. The van der Waals surface area contributed by atoms with Crippen molar-refractivity contribution in [2.45, 2.75) is 37.2 Å². The number of aliphatic hydroxyl groups excluding tert-OH is 4. The summed E-state index contributed by atoms with van der Waals surface area (Å²) in [5, 5.41) is 37.7. The first kappa shape index (κ1) is 31.1. The van der Waals surface area contributed by atoms with Crippen LogP contribution in [-0.2, 0) is 20.6 Å². The minimum absolute atomic E-state index is 0. The van der Waals surface area contributed by atoms with E-state index >= 15 is 0 Å². The number of aliphatic hydroxyl groups is 4. The summed E-state index contributed by atoms with van der Waals surface area (Å²) in [6, 6.07) is 1.39. The van der Waals surface area contributed by atoms with Gasteiger partial charge in [-0.15, -0.1) is 0 Å². The van der Waals surface area contributed by atoms with Gasteiger partial charge in [0.2, 0.25) is 0 Å². The van der Waals surface area contributed by atoms with Crippen molar-refractivity contribution in [3.8, 4) is 0 Å². The fourth-order valence-corrected chi connectivity index (χ4v) is 3.74. The summed E-state index contributed by atoms with van der Waals surface area (Å²) in [5.74, 6) is 0.281. The van der Waals surface area contributed by atoms with Crippen LogP contribution in [0.4, 0.5) is 11.6 Å². The molecule has 38 heavy (non-hydrogen) atoms. The van der Waals surface area contributed by atoms with E-state index in [4.69, 9.17) is 40.9 Å². The second-order valence-electron chi connectivity index (χ2n) is 7.86. The van der Waals surface area contributed by atoms with Gasteiger partial charge in [-0.3, -0.25) is 13.7 Å². The van der Waals surface area contributed by atoms with Crippen LogP contribution in [0.3, 0.4) is 0 Å². The Kier molecular flexibility index (Phi) is 10.7. The highest BCUT2D eigenvalue weighted by Crippen LogP contribution is 2.34. The van der Waals surface area contributed by atoms with E-state index in [-0.39, 0.29) is 23.7 Å².